The molecular formula is C15H23NO4. The monoisotopic (exact) mass is 281 g/mol. The highest BCUT2D eigenvalue weighted by molar-refractivity contribution is 5.86. The first-order chi connectivity index (χ1) is 9.60. The number of furan rings is 1. The maximum atomic E-state index is 11.3. The van der Waals surface area contributed by atoms with Crippen molar-refractivity contribution in [1.29, 1.82) is 0 Å². The fraction of sp³-hybridized carbons (Fsp3) is 0.667. The van der Waals surface area contributed by atoms with Crippen molar-refractivity contribution >= 4 is 5.97 Å². The predicted molar refractivity (Wildman–Crippen MR) is 74.4 cm³/mol. The topological polar surface area (TPSA) is 71.7 Å². The lowest BCUT2D eigenvalue weighted by Gasteiger charge is -2.27. The maximum absolute atomic E-state index is 11.3. The first-order valence-electron chi connectivity index (χ1n) is 7.19. The first kappa shape index (κ1) is 15.1. The molecule has 1 fully saturated rings. The van der Waals surface area contributed by atoms with Crippen LogP contribution in [0.2, 0.25) is 0 Å². The van der Waals surface area contributed by atoms with Crippen LogP contribution in [-0.2, 0) is 4.74 Å². The zero-order valence-electron chi connectivity index (χ0n) is 12.1. The molecule has 1 heterocycles. The summed E-state index contributed by atoms with van der Waals surface area (Å²) in [4.78, 5) is 11.3. The summed E-state index contributed by atoms with van der Waals surface area (Å²) in [5.74, 6) is 1.00. The fourth-order valence-electron chi connectivity index (χ4n) is 2.69. The zero-order valence-corrected chi connectivity index (χ0v) is 12.1. The highest BCUT2D eigenvalue weighted by atomic mass is 16.5. The molecule has 1 aliphatic carbocycles. The van der Waals surface area contributed by atoms with Crippen LogP contribution in [0.3, 0.4) is 0 Å². The fourth-order valence-corrected chi connectivity index (χ4v) is 2.69. The van der Waals surface area contributed by atoms with Crippen molar-refractivity contribution in [2.45, 2.75) is 44.8 Å². The smallest absolute Gasteiger partial charge is 0.373 e. The second kappa shape index (κ2) is 6.90. The summed E-state index contributed by atoms with van der Waals surface area (Å²) < 4.78 is 10.1. The Hall–Kier alpha value is -1.33. The molecule has 0 radical (unpaired) electrons. The summed E-state index contributed by atoms with van der Waals surface area (Å²) >= 11 is 0. The number of methoxy groups -OCH3 is 1. The van der Waals surface area contributed by atoms with Gasteiger partial charge in [0.1, 0.15) is 5.76 Å². The third-order valence-corrected chi connectivity index (χ3v) is 3.91. The average Bonchev–Trinajstić information content (AvgIpc) is 2.94. The number of carbonyl (C=O) groups is 1. The summed E-state index contributed by atoms with van der Waals surface area (Å²) in [6, 6.07) is 3.45. The van der Waals surface area contributed by atoms with Crippen LogP contribution >= 0.6 is 0 Å². The Morgan fingerprint density at radius 1 is 1.55 bits per heavy atom. The number of aliphatic hydroxyl groups excluding tert-OH is 1. The molecular weight excluding hydrogens is 258 g/mol. The zero-order chi connectivity index (χ0) is 14.5. The van der Waals surface area contributed by atoms with Crippen LogP contribution in [0.5, 0.6) is 0 Å². The molecule has 3 unspecified atom stereocenters. The average molecular weight is 281 g/mol. The first-order valence-corrected chi connectivity index (χ1v) is 7.19. The number of nitrogens with one attached hydrogen (secondary N) is 1. The van der Waals surface area contributed by atoms with Gasteiger partial charge in [-0.2, -0.15) is 0 Å². The lowest BCUT2D eigenvalue weighted by Crippen LogP contribution is -2.30. The minimum Gasteiger partial charge on any atom is -0.463 e. The van der Waals surface area contributed by atoms with E-state index in [-0.39, 0.29) is 17.9 Å². The van der Waals surface area contributed by atoms with Gasteiger partial charge in [-0.05, 0) is 50.8 Å². The van der Waals surface area contributed by atoms with E-state index in [1.165, 1.54) is 7.11 Å². The highest BCUT2D eigenvalue weighted by Crippen LogP contribution is 2.24. The molecule has 2 rings (SSSR count). The molecule has 0 aliphatic heterocycles. The summed E-state index contributed by atoms with van der Waals surface area (Å²) in [7, 11) is 1.33. The van der Waals surface area contributed by atoms with Crippen LogP contribution < -0.4 is 5.32 Å². The van der Waals surface area contributed by atoms with Gasteiger partial charge in [0.25, 0.3) is 0 Å². The normalized spacial score (nSPS) is 24.4. The summed E-state index contributed by atoms with van der Waals surface area (Å²) in [6.45, 7) is 2.85. The van der Waals surface area contributed by atoms with E-state index in [9.17, 15) is 9.90 Å². The Balaban J connectivity index is 1.83. The highest BCUT2D eigenvalue weighted by Gasteiger charge is 2.21. The van der Waals surface area contributed by atoms with Gasteiger partial charge >= 0.3 is 5.97 Å². The van der Waals surface area contributed by atoms with Gasteiger partial charge in [-0.25, -0.2) is 4.79 Å². The minimum atomic E-state index is -0.459. The molecule has 2 N–H and O–H groups in total. The molecule has 0 spiro atoms. The Kier molecular flexibility index (Phi) is 5.20. The largest absolute Gasteiger partial charge is 0.463 e. The quantitative estimate of drug-likeness (QED) is 0.810. The van der Waals surface area contributed by atoms with Gasteiger partial charge in [-0.1, -0.05) is 6.42 Å². The SMILES string of the molecule is COC(=O)c1ccc(C(C)NCC2CCCC(O)C2)o1. The van der Waals surface area contributed by atoms with Crippen molar-refractivity contribution < 1.29 is 19.1 Å². The van der Waals surface area contributed by atoms with Crippen LogP contribution in [0.1, 0.15) is 55.0 Å². The minimum absolute atomic E-state index is 0.0347. The lowest BCUT2D eigenvalue weighted by atomic mass is 9.87. The van der Waals surface area contributed by atoms with E-state index in [0.717, 1.165) is 38.0 Å². The van der Waals surface area contributed by atoms with Crippen molar-refractivity contribution in [3.63, 3.8) is 0 Å². The maximum Gasteiger partial charge on any atom is 0.373 e. The van der Waals surface area contributed by atoms with Gasteiger partial charge in [0.05, 0.1) is 19.3 Å². The van der Waals surface area contributed by atoms with Gasteiger partial charge in [0.2, 0.25) is 5.76 Å². The van der Waals surface area contributed by atoms with Crippen LogP contribution in [0.15, 0.2) is 16.5 Å². The van der Waals surface area contributed by atoms with E-state index < -0.39 is 5.97 Å². The Morgan fingerprint density at radius 3 is 3.05 bits per heavy atom. The molecule has 0 aromatic carbocycles. The number of hydrogen-bond donors (Lipinski definition) is 2. The van der Waals surface area contributed by atoms with Crippen LogP contribution in [0.25, 0.3) is 0 Å². The van der Waals surface area contributed by atoms with E-state index in [4.69, 9.17) is 4.42 Å². The van der Waals surface area contributed by atoms with Gasteiger partial charge in [-0.3, -0.25) is 0 Å². The predicted octanol–water partition coefficient (Wildman–Crippen LogP) is 2.27. The van der Waals surface area contributed by atoms with Crippen molar-refractivity contribution in [3.8, 4) is 0 Å². The standard InChI is InChI=1S/C15H23NO4/c1-10(13-6-7-14(20-13)15(18)19-2)16-9-11-4-3-5-12(17)8-11/h6-7,10-12,16-17H,3-5,8-9H2,1-2H3. The Bertz CT molecular complexity index is 443. The second-order valence-corrected chi connectivity index (χ2v) is 5.51. The van der Waals surface area contributed by atoms with Crippen LogP contribution in [0, 0.1) is 5.92 Å². The van der Waals surface area contributed by atoms with E-state index in [2.05, 4.69) is 10.1 Å². The molecule has 0 saturated heterocycles. The van der Waals surface area contributed by atoms with E-state index in [1.807, 2.05) is 6.92 Å². The van der Waals surface area contributed by atoms with Crippen molar-refractivity contribution in [3.05, 3.63) is 23.7 Å². The van der Waals surface area contributed by atoms with Crippen molar-refractivity contribution in [1.82, 2.24) is 5.32 Å². The number of carbonyl (C=O) groups excluding carboxylic acids is 1. The number of rotatable bonds is 5. The molecule has 0 bridgehead atoms. The van der Waals surface area contributed by atoms with Gasteiger partial charge in [0, 0.05) is 0 Å². The Labute approximate surface area is 119 Å². The molecule has 5 nitrogen and oxygen atoms in total. The van der Waals surface area contributed by atoms with Gasteiger partial charge in [0.15, 0.2) is 0 Å². The van der Waals surface area contributed by atoms with Gasteiger partial charge < -0.3 is 19.6 Å². The molecule has 1 saturated carbocycles. The summed E-state index contributed by atoms with van der Waals surface area (Å²) in [5.41, 5.74) is 0. The van der Waals surface area contributed by atoms with Crippen molar-refractivity contribution in [2.75, 3.05) is 13.7 Å². The van der Waals surface area contributed by atoms with Crippen LogP contribution in [-0.4, -0.2) is 30.8 Å². The molecule has 1 aromatic heterocycles. The van der Waals surface area contributed by atoms with Gasteiger partial charge in [-0.15, -0.1) is 0 Å². The number of hydrogen-bond acceptors (Lipinski definition) is 5. The lowest BCUT2D eigenvalue weighted by molar-refractivity contribution is 0.0561. The molecule has 20 heavy (non-hydrogen) atoms. The Morgan fingerprint density at radius 2 is 2.35 bits per heavy atom. The molecule has 1 aliphatic rings. The molecule has 3 atom stereocenters. The summed E-state index contributed by atoms with van der Waals surface area (Å²) in [5, 5.41) is 13.1. The third-order valence-electron chi connectivity index (χ3n) is 3.91. The van der Waals surface area contributed by atoms with E-state index in [0.29, 0.717) is 5.92 Å². The molecule has 112 valence electrons. The molecule has 1 aromatic rings. The number of ether oxygens (including phenoxy) is 1. The van der Waals surface area contributed by atoms with Crippen molar-refractivity contribution in [2.24, 2.45) is 5.92 Å². The molecule has 5 heteroatoms. The molecule has 0 amide bonds. The van der Waals surface area contributed by atoms with E-state index >= 15 is 0 Å². The number of aliphatic hydroxyl groups is 1. The number of esters is 1. The van der Waals surface area contributed by atoms with E-state index in [1.54, 1.807) is 12.1 Å². The summed E-state index contributed by atoms with van der Waals surface area (Å²) in [6.07, 6.45) is 3.88. The second-order valence-electron chi connectivity index (χ2n) is 5.51. The third kappa shape index (κ3) is 3.84. The van der Waals surface area contributed by atoms with Crippen LogP contribution in [0.4, 0.5) is 0 Å².